The van der Waals surface area contributed by atoms with Gasteiger partial charge in [0.2, 0.25) is 0 Å². The van der Waals surface area contributed by atoms with Crippen LogP contribution in [0.25, 0.3) is 43.1 Å². The van der Waals surface area contributed by atoms with E-state index < -0.39 is 0 Å². The number of hydrogen-bond acceptors (Lipinski definition) is 1. The van der Waals surface area contributed by atoms with Crippen molar-refractivity contribution in [2.45, 2.75) is 39.0 Å². The smallest absolute Gasteiger partial charge is 0.0326 e. The third kappa shape index (κ3) is 2.61. The molecule has 0 aromatic heterocycles. The zero-order chi connectivity index (χ0) is 18.4. The molecule has 134 valence electrons. The average Bonchev–Trinajstić information content (AvgIpc) is 2.68. The summed E-state index contributed by atoms with van der Waals surface area (Å²) in [5, 5.41) is 10.6. The van der Waals surface area contributed by atoms with Gasteiger partial charge >= 0.3 is 0 Å². The van der Waals surface area contributed by atoms with Crippen LogP contribution in [0.3, 0.4) is 0 Å². The van der Waals surface area contributed by atoms with E-state index in [4.69, 9.17) is 5.73 Å². The van der Waals surface area contributed by atoms with Crippen LogP contribution < -0.4 is 5.73 Å². The lowest BCUT2D eigenvalue weighted by Crippen LogP contribution is -1.92. The Morgan fingerprint density at radius 1 is 0.667 bits per heavy atom. The van der Waals surface area contributed by atoms with E-state index in [1.54, 1.807) is 0 Å². The molecule has 0 aliphatic carbocycles. The number of nitrogen functional groups attached to an aromatic ring is 1. The minimum atomic E-state index is 0.836. The summed E-state index contributed by atoms with van der Waals surface area (Å²) >= 11 is 0. The molecule has 5 aromatic rings. The second kappa shape index (κ2) is 6.42. The molecule has 0 saturated carbocycles. The van der Waals surface area contributed by atoms with E-state index in [0.717, 1.165) is 12.1 Å². The Hall–Kier alpha value is -2.80. The molecule has 5 rings (SSSR count). The van der Waals surface area contributed by atoms with Crippen LogP contribution in [0.15, 0.2) is 60.7 Å². The van der Waals surface area contributed by atoms with Crippen LogP contribution in [0.5, 0.6) is 0 Å². The molecule has 0 aliphatic rings. The van der Waals surface area contributed by atoms with Crippen molar-refractivity contribution in [2.75, 3.05) is 5.73 Å². The highest BCUT2D eigenvalue weighted by atomic mass is 14.5. The predicted molar refractivity (Wildman–Crippen MR) is 120 cm³/mol. The molecular weight excluding hydrogens is 326 g/mol. The van der Waals surface area contributed by atoms with Crippen LogP contribution in [-0.2, 0) is 6.42 Å². The van der Waals surface area contributed by atoms with Gasteiger partial charge < -0.3 is 5.73 Å². The Morgan fingerprint density at radius 2 is 1.33 bits per heavy atom. The highest BCUT2D eigenvalue weighted by molar-refractivity contribution is 6.33. The fourth-order valence-electron chi connectivity index (χ4n) is 4.72. The number of rotatable bonds is 5. The SMILES string of the molecule is CCCCCCc1cc2cccc3c4cc(N)cc5cccc(c(c1)c23)c54. The first-order chi connectivity index (χ1) is 13.3. The molecule has 1 nitrogen and oxygen atoms in total. The third-order valence-corrected chi connectivity index (χ3v) is 5.94. The highest BCUT2D eigenvalue weighted by Crippen LogP contribution is 2.41. The van der Waals surface area contributed by atoms with E-state index in [1.807, 2.05) is 0 Å². The van der Waals surface area contributed by atoms with E-state index in [1.165, 1.54) is 74.3 Å². The Labute approximate surface area is 160 Å². The first-order valence-electron chi connectivity index (χ1n) is 10.1. The zero-order valence-corrected chi connectivity index (χ0v) is 15.9. The lowest BCUT2D eigenvalue weighted by atomic mass is 9.88. The molecule has 1 heteroatoms. The van der Waals surface area contributed by atoms with Gasteiger partial charge in [0.15, 0.2) is 0 Å². The maximum absolute atomic E-state index is 6.23. The Kier molecular flexibility index (Phi) is 3.89. The zero-order valence-electron chi connectivity index (χ0n) is 15.9. The van der Waals surface area contributed by atoms with E-state index in [-0.39, 0.29) is 0 Å². The Bertz CT molecular complexity index is 1270. The van der Waals surface area contributed by atoms with Gasteiger partial charge in [-0.3, -0.25) is 0 Å². The third-order valence-electron chi connectivity index (χ3n) is 5.94. The molecule has 0 fully saturated rings. The maximum Gasteiger partial charge on any atom is 0.0326 e. The molecule has 0 saturated heterocycles. The van der Waals surface area contributed by atoms with Crippen molar-refractivity contribution in [3.63, 3.8) is 0 Å². The number of fused-ring (bicyclic) bond motifs is 2. The molecule has 27 heavy (non-hydrogen) atoms. The number of anilines is 1. The molecular formula is C26H25N. The quantitative estimate of drug-likeness (QED) is 0.151. The topological polar surface area (TPSA) is 26.0 Å². The van der Waals surface area contributed by atoms with Gasteiger partial charge in [0.05, 0.1) is 0 Å². The number of aryl methyl sites for hydroxylation is 1. The summed E-state index contributed by atoms with van der Waals surface area (Å²) in [5.74, 6) is 0. The van der Waals surface area contributed by atoms with Gasteiger partial charge in [-0.1, -0.05) is 74.7 Å². The van der Waals surface area contributed by atoms with Gasteiger partial charge in [-0.25, -0.2) is 0 Å². The predicted octanol–water partition coefficient (Wildman–Crippen LogP) is 7.44. The van der Waals surface area contributed by atoms with E-state index in [2.05, 4.69) is 67.6 Å². The summed E-state index contributed by atoms with van der Waals surface area (Å²) < 4.78 is 0. The molecule has 0 heterocycles. The number of unbranched alkanes of at least 4 members (excludes halogenated alkanes) is 3. The van der Waals surface area contributed by atoms with Gasteiger partial charge in [0.25, 0.3) is 0 Å². The Balaban J connectivity index is 1.83. The van der Waals surface area contributed by atoms with E-state index in [9.17, 15) is 0 Å². The first-order valence-corrected chi connectivity index (χ1v) is 10.1. The standard InChI is InChI=1S/C26H25N/c1-2-3-4-5-8-17-13-18-9-6-12-22-24-16-20(27)15-19-10-7-11-21(26(19)24)23(14-17)25(18)22/h6-7,9-16H,2-5,8,27H2,1H3. The summed E-state index contributed by atoms with van der Waals surface area (Å²) in [6.45, 7) is 2.27. The van der Waals surface area contributed by atoms with Crippen molar-refractivity contribution in [3.05, 3.63) is 66.2 Å². The van der Waals surface area contributed by atoms with E-state index in [0.29, 0.717) is 0 Å². The highest BCUT2D eigenvalue weighted by Gasteiger charge is 2.14. The molecule has 0 unspecified atom stereocenters. The van der Waals surface area contributed by atoms with Crippen LogP contribution in [0.1, 0.15) is 38.2 Å². The van der Waals surface area contributed by atoms with Gasteiger partial charge in [-0.2, -0.15) is 0 Å². The van der Waals surface area contributed by atoms with Crippen molar-refractivity contribution in [1.82, 2.24) is 0 Å². The van der Waals surface area contributed by atoms with Crippen molar-refractivity contribution in [3.8, 4) is 0 Å². The molecule has 0 aliphatic heterocycles. The molecule has 0 spiro atoms. The number of benzene rings is 5. The largest absolute Gasteiger partial charge is 0.399 e. The van der Waals surface area contributed by atoms with Crippen molar-refractivity contribution < 1.29 is 0 Å². The number of hydrogen-bond donors (Lipinski definition) is 1. The van der Waals surface area contributed by atoms with Crippen molar-refractivity contribution in [1.29, 1.82) is 0 Å². The van der Waals surface area contributed by atoms with Crippen molar-refractivity contribution in [2.24, 2.45) is 0 Å². The van der Waals surface area contributed by atoms with Gasteiger partial charge in [0.1, 0.15) is 0 Å². The Morgan fingerprint density at radius 3 is 2.04 bits per heavy atom. The molecule has 5 aromatic carbocycles. The summed E-state index contributed by atoms with van der Waals surface area (Å²) in [5.41, 5.74) is 8.52. The minimum Gasteiger partial charge on any atom is -0.399 e. The molecule has 0 radical (unpaired) electrons. The monoisotopic (exact) mass is 351 g/mol. The van der Waals surface area contributed by atoms with Crippen molar-refractivity contribution >= 4 is 48.8 Å². The van der Waals surface area contributed by atoms with Gasteiger partial charge in [-0.05, 0) is 73.6 Å². The second-order valence-corrected chi connectivity index (χ2v) is 7.83. The van der Waals surface area contributed by atoms with E-state index >= 15 is 0 Å². The van der Waals surface area contributed by atoms with Crippen LogP contribution in [0, 0.1) is 0 Å². The number of nitrogens with two attached hydrogens (primary N) is 1. The maximum atomic E-state index is 6.23. The van der Waals surface area contributed by atoms with Gasteiger partial charge in [-0.15, -0.1) is 0 Å². The average molecular weight is 351 g/mol. The minimum absolute atomic E-state index is 0.836. The lowest BCUT2D eigenvalue weighted by molar-refractivity contribution is 0.667. The second-order valence-electron chi connectivity index (χ2n) is 7.83. The normalized spacial score (nSPS) is 12.0. The summed E-state index contributed by atoms with van der Waals surface area (Å²) in [6.07, 6.45) is 6.38. The van der Waals surface area contributed by atoms with Gasteiger partial charge in [0, 0.05) is 5.69 Å². The van der Waals surface area contributed by atoms with Crippen LogP contribution in [0.4, 0.5) is 5.69 Å². The summed E-state index contributed by atoms with van der Waals surface area (Å²) in [7, 11) is 0. The molecule has 0 amide bonds. The van der Waals surface area contributed by atoms with Crippen LogP contribution >= 0.6 is 0 Å². The van der Waals surface area contributed by atoms with Crippen LogP contribution in [-0.4, -0.2) is 0 Å². The molecule has 2 N–H and O–H groups in total. The lowest BCUT2D eigenvalue weighted by Gasteiger charge is -2.16. The fraction of sp³-hybridized carbons (Fsp3) is 0.231. The summed E-state index contributed by atoms with van der Waals surface area (Å²) in [4.78, 5) is 0. The molecule has 0 bridgehead atoms. The molecule has 0 atom stereocenters. The van der Waals surface area contributed by atoms with Crippen LogP contribution in [0.2, 0.25) is 0 Å². The fourth-order valence-corrected chi connectivity index (χ4v) is 4.72. The summed E-state index contributed by atoms with van der Waals surface area (Å²) in [6, 6.07) is 22.4. The first kappa shape index (κ1) is 16.4.